The van der Waals surface area contributed by atoms with Crippen molar-refractivity contribution in [3.63, 3.8) is 0 Å². The third-order valence-corrected chi connectivity index (χ3v) is 3.68. The lowest BCUT2D eigenvalue weighted by molar-refractivity contribution is -0.0814. The van der Waals surface area contributed by atoms with Crippen LogP contribution >= 0.6 is 0 Å². The molecule has 3 nitrogen and oxygen atoms in total. The molecular formula is C10H18F2O3S. The Hall–Kier alpha value is -0.230. The van der Waals surface area contributed by atoms with Crippen LogP contribution < -0.4 is 0 Å². The third-order valence-electron chi connectivity index (χ3n) is 3.05. The molecule has 0 spiro atoms. The maximum absolute atomic E-state index is 13.3. The minimum atomic E-state index is -3.47. The lowest BCUT2D eigenvalue weighted by Gasteiger charge is -2.32. The molecule has 0 aromatic rings. The summed E-state index contributed by atoms with van der Waals surface area (Å²) in [7, 11) is -3.47. The van der Waals surface area contributed by atoms with Gasteiger partial charge in [0.05, 0.1) is 12.4 Å². The predicted octanol–water partition coefficient (Wildman–Crippen LogP) is 2.57. The monoisotopic (exact) mass is 256 g/mol. The fourth-order valence-electron chi connectivity index (χ4n) is 2.12. The van der Waals surface area contributed by atoms with Crippen molar-refractivity contribution >= 4 is 10.1 Å². The zero-order valence-electron chi connectivity index (χ0n) is 9.58. The van der Waals surface area contributed by atoms with Crippen LogP contribution in [0.2, 0.25) is 0 Å². The normalized spacial score (nSPS) is 28.0. The molecule has 0 N–H and O–H groups in total. The van der Waals surface area contributed by atoms with E-state index in [0.29, 0.717) is 25.7 Å². The van der Waals surface area contributed by atoms with E-state index in [-0.39, 0.29) is 6.42 Å². The quantitative estimate of drug-likeness (QED) is 0.726. The van der Waals surface area contributed by atoms with Crippen LogP contribution in [-0.2, 0) is 14.3 Å². The molecule has 0 saturated heterocycles. The van der Waals surface area contributed by atoms with Gasteiger partial charge in [-0.1, -0.05) is 6.92 Å². The summed E-state index contributed by atoms with van der Waals surface area (Å²) in [5.74, 6) is -3.26. The highest BCUT2D eigenvalue weighted by atomic mass is 32.2. The van der Waals surface area contributed by atoms with Crippen LogP contribution in [0.4, 0.5) is 8.78 Å². The summed E-state index contributed by atoms with van der Waals surface area (Å²) < 4.78 is 53.2. The number of halogens is 2. The molecule has 1 rings (SSSR count). The third kappa shape index (κ3) is 3.97. The topological polar surface area (TPSA) is 43.4 Å². The molecule has 0 atom stereocenters. The molecular weight excluding hydrogens is 238 g/mol. The molecule has 0 radical (unpaired) electrons. The van der Waals surface area contributed by atoms with Crippen molar-refractivity contribution in [2.24, 2.45) is 5.92 Å². The Balaban J connectivity index is 2.46. The van der Waals surface area contributed by atoms with Gasteiger partial charge in [-0.3, -0.25) is 4.18 Å². The maximum atomic E-state index is 13.3. The van der Waals surface area contributed by atoms with Crippen molar-refractivity contribution in [1.82, 2.24) is 0 Å². The van der Waals surface area contributed by atoms with Crippen LogP contribution in [0, 0.1) is 5.92 Å². The molecule has 0 heterocycles. The fourth-order valence-corrected chi connectivity index (χ4v) is 2.80. The van der Waals surface area contributed by atoms with E-state index in [1.807, 2.05) is 0 Å². The molecule has 0 unspecified atom stereocenters. The van der Waals surface area contributed by atoms with Gasteiger partial charge in [-0.05, 0) is 25.7 Å². The predicted molar refractivity (Wildman–Crippen MR) is 56.9 cm³/mol. The minimum absolute atomic E-state index is 0.157. The molecule has 1 aliphatic rings. The average molecular weight is 256 g/mol. The van der Waals surface area contributed by atoms with E-state index >= 15 is 0 Å². The molecule has 6 heteroatoms. The van der Waals surface area contributed by atoms with Crippen LogP contribution in [0.25, 0.3) is 0 Å². The van der Waals surface area contributed by atoms with Crippen molar-refractivity contribution in [2.45, 2.75) is 51.1 Å². The highest BCUT2D eigenvalue weighted by Gasteiger charge is 2.40. The van der Waals surface area contributed by atoms with Crippen molar-refractivity contribution < 1.29 is 21.4 Å². The Kier molecular flexibility index (Phi) is 4.29. The van der Waals surface area contributed by atoms with Gasteiger partial charge in [0.15, 0.2) is 0 Å². The van der Waals surface area contributed by atoms with Gasteiger partial charge in [0.25, 0.3) is 16.0 Å². The SMILES string of the molecule is CCC(F)(F)C1CCC(OS(C)(=O)=O)CC1. The highest BCUT2D eigenvalue weighted by molar-refractivity contribution is 7.86. The number of rotatable bonds is 4. The smallest absolute Gasteiger partial charge is 0.264 e. The Labute approximate surface area is 95.3 Å². The standard InChI is InChI=1S/C10H18F2O3S/c1-3-10(11,12)8-4-6-9(7-5-8)15-16(2,13)14/h8-9H,3-7H2,1-2H3. The zero-order chi connectivity index (χ0) is 12.4. The second kappa shape index (κ2) is 4.96. The fraction of sp³-hybridized carbons (Fsp3) is 1.00. The first kappa shape index (κ1) is 13.8. The van der Waals surface area contributed by atoms with Crippen LogP contribution in [0.3, 0.4) is 0 Å². The van der Waals surface area contributed by atoms with Crippen LogP contribution in [0.1, 0.15) is 39.0 Å². The van der Waals surface area contributed by atoms with Crippen LogP contribution in [0.5, 0.6) is 0 Å². The Morgan fingerprint density at radius 1 is 1.25 bits per heavy atom. The van der Waals surface area contributed by atoms with Crippen molar-refractivity contribution in [2.75, 3.05) is 6.26 Å². The molecule has 0 aromatic carbocycles. The first-order valence-corrected chi connectivity index (χ1v) is 7.32. The van der Waals surface area contributed by atoms with E-state index in [0.717, 1.165) is 6.26 Å². The maximum Gasteiger partial charge on any atom is 0.264 e. The van der Waals surface area contributed by atoms with E-state index < -0.39 is 28.1 Å². The van der Waals surface area contributed by atoms with Crippen molar-refractivity contribution in [3.05, 3.63) is 0 Å². The largest absolute Gasteiger partial charge is 0.267 e. The number of hydrogen-bond donors (Lipinski definition) is 0. The van der Waals surface area contributed by atoms with Gasteiger partial charge in [0.2, 0.25) is 0 Å². The van der Waals surface area contributed by atoms with Gasteiger partial charge in [-0.2, -0.15) is 8.42 Å². The summed E-state index contributed by atoms with van der Waals surface area (Å²) >= 11 is 0. The molecule has 0 aromatic heterocycles. The van der Waals surface area contributed by atoms with E-state index in [2.05, 4.69) is 0 Å². The molecule has 1 aliphatic carbocycles. The lowest BCUT2D eigenvalue weighted by atomic mass is 9.82. The minimum Gasteiger partial charge on any atom is -0.267 e. The average Bonchev–Trinajstić information content (AvgIpc) is 2.16. The molecule has 0 bridgehead atoms. The molecule has 96 valence electrons. The van der Waals surface area contributed by atoms with Gasteiger partial charge in [0, 0.05) is 12.3 Å². The van der Waals surface area contributed by atoms with Gasteiger partial charge >= 0.3 is 0 Å². The Bertz CT molecular complexity index is 319. The second-order valence-electron chi connectivity index (χ2n) is 4.39. The Morgan fingerprint density at radius 3 is 2.12 bits per heavy atom. The molecule has 1 saturated carbocycles. The van der Waals surface area contributed by atoms with Crippen LogP contribution in [-0.4, -0.2) is 26.7 Å². The first-order valence-electron chi connectivity index (χ1n) is 5.50. The van der Waals surface area contributed by atoms with Gasteiger partial charge in [-0.25, -0.2) is 8.78 Å². The number of alkyl halides is 2. The summed E-state index contributed by atoms with van der Waals surface area (Å²) in [6.45, 7) is 1.47. The van der Waals surface area contributed by atoms with Crippen molar-refractivity contribution in [3.8, 4) is 0 Å². The highest BCUT2D eigenvalue weighted by Crippen LogP contribution is 2.39. The second-order valence-corrected chi connectivity index (χ2v) is 5.99. The Morgan fingerprint density at radius 2 is 1.75 bits per heavy atom. The van der Waals surface area contributed by atoms with E-state index in [1.165, 1.54) is 6.92 Å². The van der Waals surface area contributed by atoms with E-state index in [4.69, 9.17) is 4.18 Å². The van der Waals surface area contributed by atoms with E-state index in [9.17, 15) is 17.2 Å². The summed E-state index contributed by atoms with van der Waals surface area (Å²) in [4.78, 5) is 0. The van der Waals surface area contributed by atoms with Crippen molar-refractivity contribution in [1.29, 1.82) is 0 Å². The summed E-state index contributed by atoms with van der Waals surface area (Å²) in [5.41, 5.74) is 0. The first-order chi connectivity index (χ1) is 7.24. The molecule has 0 amide bonds. The van der Waals surface area contributed by atoms with Crippen LogP contribution in [0.15, 0.2) is 0 Å². The number of hydrogen-bond acceptors (Lipinski definition) is 3. The summed E-state index contributed by atoms with van der Waals surface area (Å²) in [6.07, 6.45) is 1.87. The zero-order valence-corrected chi connectivity index (χ0v) is 10.4. The van der Waals surface area contributed by atoms with Gasteiger partial charge < -0.3 is 0 Å². The summed E-state index contributed by atoms with van der Waals surface area (Å²) in [6, 6.07) is 0. The lowest BCUT2D eigenvalue weighted by Crippen LogP contribution is -2.33. The summed E-state index contributed by atoms with van der Waals surface area (Å²) in [5, 5.41) is 0. The molecule has 1 fully saturated rings. The molecule has 0 aliphatic heterocycles. The molecule has 16 heavy (non-hydrogen) atoms. The van der Waals surface area contributed by atoms with Gasteiger partial charge in [0.1, 0.15) is 0 Å². The van der Waals surface area contributed by atoms with E-state index in [1.54, 1.807) is 0 Å². The van der Waals surface area contributed by atoms with Gasteiger partial charge in [-0.15, -0.1) is 0 Å².